The lowest BCUT2D eigenvalue weighted by Gasteiger charge is -2.07. The Morgan fingerprint density at radius 2 is 2.10 bits per heavy atom. The van der Waals surface area contributed by atoms with Crippen molar-refractivity contribution in [2.75, 3.05) is 12.9 Å². The lowest BCUT2D eigenvalue weighted by molar-refractivity contribution is -0.116. The average Bonchev–Trinajstić information content (AvgIpc) is 2.80. The maximum atomic E-state index is 11.0. The number of ketones is 1. The fraction of sp³-hybridized carbons (Fsp3) is 0.357. The molecule has 106 valence electrons. The highest BCUT2D eigenvalue weighted by molar-refractivity contribution is 7.99. The van der Waals surface area contributed by atoms with Crippen LogP contribution in [0.5, 0.6) is 5.75 Å². The molecule has 0 spiro atoms. The first-order valence-electron chi connectivity index (χ1n) is 6.28. The van der Waals surface area contributed by atoms with Gasteiger partial charge in [-0.25, -0.2) is 0 Å². The molecule has 20 heavy (non-hydrogen) atoms. The van der Waals surface area contributed by atoms with Crippen molar-refractivity contribution in [2.24, 2.45) is 7.05 Å². The number of rotatable bonds is 6. The standard InChI is InChI=1S/C14H17N3O2S/c1-10(18)8-9-20-14-16-15-13(17(14)2)11-6-4-5-7-12(11)19-3/h4-7H,8-9H2,1-3H3. The van der Waals surface area contributed by atoms with Gasteiger partial charge in [0.15, 0.2) is 11.0 Å². The van der Waals surface area contributed by atoms with Crippen molar-refractivity contribution < 1.29 is 9.53 Å². The molecule has 2 rings (SSSR count). The zero-order chi connectivity index (χ0) is 14.5. The number of para-hydroxylation sites is 1. The Balaban J connectivity index is 2.22. The minimum absolute atomic E-state index is 0.185. The van der Waals surface area contributed by atoms with Crippen LogP contribution in [0.1, 0.15) is 13.3 Å². The molecule has 0 radical (unpaired) electrons. The maximum absolute atomic E-state index is 11.0. The van der Waals surface area contributed by atoms with E-state index in [1.165, 1.54) is 11.8 Å². The molecular formula is C14H17N3O2S. The molecule has 0 N–H and O–H groups in total. The molecule has 0 amide bonds. The zero-order valence-electron chi connectivity index (χ0n) is 11.8. The van der Waals surface area contributed by atoms with Crippen LogP contribution in [-0.2, 0) is 11.8 Å². The molecule has 5 nitrogen and oxygen atoms in total. The maximum Gasteiger partial charge on any atom is 0.191 e. The number of carbonyl (C=O) groups is 1. The van der Waals surface area contributed by atoms with Gasteiger partial charge < -0.3 is 9.30 Å². The van der Waals surface area contributed by atoms with Crippen molar-refractivity contribution in [3.8, 4) is 17.1 Å². The SMILES string of the molecule is COc1ccccc1-c1nnc(SCCC(C)=O)n1C. The van der Waals surface area contributed by atoms with Crippen molar-refractivity contribution in [2.45, 2.75) is 18.5 Å². The highest BCUT2D eigenvalue weighted by Gasteiger charge is 2.14. The minimum Gasteiger partial charge on any atom is -0.496 e. The predicted molar refractivity (Wildman–Crippen MR) is 79.0 cm³/mol. The van der Waals surface area contributed by atoms with Crippen LogP contribution < -0.4 is 4.74 Å². The molecule has 0 aliphatic heterocycles. The molecule has 0 aliphatic carbocycles. The summed E-state index contributed by atoms with van der Waals surface area (Å²) >= 11 is 1.53. The molecule has 0 unspecified atom stereocenters. The molecule has 0 atom stereocenters. The van der Waals surface area contributed by atoms with Crippen molar-refractivity contribution >= 4 is 17.5 Å². The summed E-state index contributed by atoms with van der Waals surface area (Å²) in [5.41, 5.74) is 0.906. The number of methoxy groups -OCH3 is 1. The molecule has 0 saturated heterocycles. The van der Waals surface area contributed by atoms with Crippen LogP contribution in [0.3, 0.4) is 0 Å². The summed E-state index contributed by atoms with van der Waals surface area (Å²) in [5.74, 6) is 2.42. The summed E-state index contributed by atoms with van der Waals surface area (Å²) in [7, 11) is 3.55. The van der Waals surface area contributed by atoms with Crippen LogP contribution in [0.25, 0.3) is 11.4 Å². The van der Waals surface area contributed by atoms with E-state index < -0.39 is 0 Å². The van der Waals surface area contributed by atoms with Crippen molar-refractivity contribution in [3.05, 3.63) is 24.3 Å². The monoisotopic (exact) mass is 291 g/mol. The number of aromatic nitrogens is 3. The normalized spacial score (nSPS) is 10.6. The summed E-state index contributed by atoms with van der Waals surface area (Å²) in [5, 5.41) is 9.19. The van der Waals surface area contributed by atoms with Gasteiger partial charge in [0, 0.05) is 19.2 Å². The molecule has 1 aromatic carbocycles. The van der Waals surface area contributed by atoms with E-state index in [1.807, 2.05) is 35.9 Å². The Bertz CT molecular complexity index is 610. The number of hydrogen-bond acceptors (Lipinski definition) is 5. The van der Waals surface area contributed by atoms with Crippen LogP contribution in [-0.4, -0.2) is 33.4 Å². The Hall–Kier alpha value is -1.82. The second-order valence-corrected chi connectivity index (χ2v) is 5.43. The molecule has 0 aliphatic rings. The fourth-order valence-electron chi connectivity index (χ4n) is 1.79. The third kappa shape index (κ3) is 3.19. The Labute approximate surface area is 122 Å². The van der Waals surface area contributed by atoms with Gasteiger partial charge in [0.1, 0.15) is 11.5 Å². The van der Waals surface area contributed by atoms with Gasteiger partial charge in [0.2, 0.25) is 0 Å². The van der Waals surface area contributed by atoms with E-state index in [-0.39, 0.29) is 5.78 Å². The van der Waals surface area contributed by atoms with E-state index in [9.17, 15) is 4.79 Å². The summed E-state index contributed by atoms with van der Waals surface area (Å²) in [4.78, 5) is 11.0. The van der Waals surface area contributed by atoms with Gasteiger partial charge in [-0.05, 0) is 19.1 Å². The second kappa shape index (κ2) is 6.56. The molecular weight excluding hydrogens is 274 g/mol. The minimum atomic E-state index is 0.185. The van der Waals surface area contributed by atoms with Gasteiger partial charge in [-0.2, -0.15) is 0 Å². The molecule has 1 heterocycles. The third-order valence-electron chi connectivity index (χ3n) is 2.87. The summed E-state index contributed by atoms with van der Waals surface area (Å²) < 4.78 is 7.26. The predicted octanol–water partition coefficient (Wildman–Crippen LogP) is 2.56. The van der Waals surface area contributed by atoms with Crippen LogP contribution in [0.4, 0.5) is 0 Å². The van der Waals surface area contributed by atoms with Crippen LogP contribution in [0.15, 0.2) is 29.4 Å². The van der Waals surface area contributed by atoms with Gasteiger partial charge in [0.25, 0.3) is 0 Å². The molecule has 6 heteroatoms. The number of hydrogen-bond donors (Lipinski definition) is 0. The van der Waals surface area contributed by atoms with E-state index in [2.05, 4.69) is 10.2 Å². The van der Waals surface area contributed by atoms with Gasteiger partial charge in [-0.3, -0.25) is 4.79 Å². The number of thioether (sulfide) groups is 1. The van der Waals surface area contributed by atoms with Crippen molar-refractivity contribution in [3.63, 3.8) is 0 Å². The van der Waals surface area contributed by atoms with Gasteiger partial charge in [-0.15, -0.1) is 10.2 Å². The molecule has 1 aromatic heterocycles. The van der Waals surface area contributed by atoms with E-state index in [0.29, 0.717) is 12.2 Å². The van der Waals surface area contributed by atoms with Crippen molar-refractivity contribution in [1.29, 1.82) is 0 Å². The van der Waals surface area contributed by atoms with Gasteiger partial charge in [-0.1, -0.05) is 23.9 Å². The highest BCUT2D eigenvalue weighted by Crippen LogP contribution is 2.29. The first kappa shape index (κ1) is 14.6. The van der Waals surface area contributed by atoms with E-state index >= 15 is 0 Å². The molecule has 0 saturated carbocycles. The first-order chi connectivity index (χ1) is 9.63. The smallest absolute Gasteiger partial charge is 0.191 e. The number of nitrogens with zero attached hydrogens (tertiary/aromatic N) is 3. The summed E-state index contributed by atoms with van der Waals surface area (Å²) in [6, 6.07) is 7.70. The number of carbonyl (C=O) groups excluding carboxylic acids is 1. The van der Waals surface area contributed by atoms with E-state index in [0.717, 1.165) is 22.3 Å². The summed E-state index contributed by atoms with van der Waals surface area (Å²) in [6.07, 6.45) is 0.543. The van der Waals surface area contributed by atoms with E-state index in [1.54, 1.807) is 14.0 Å². The van der Waals surface area contributed by atoms with Crippen LogP contribution in [0, 0.1) is 0 Å². The fourth-order valence-corrected chi connectivity index (χ4v) is 2.74. The number of benzene rings is 1. The highest BCUT2D eigenvalue weighted by atomic mass is 32.2. The van der Waals surface area contributed by atoms with E-state index in [4.69, 9.17) is 4.74 Å². The molecule has 0 bridgehead atoms. The number of ether oxygens (including phenoxy) is 1. The number of Topliss-reactive ketones (excluding diaryl/α,β-unsaturated/α-hetero) is 1. The van der Waals surface area contributed by atoms with Crippen LogP contribution >= 0.6 is 11.8 Å². The Kier molecular flexibility index (Phi) is 4.79. The zero-order valence-corrected chi connectivity index (χ0v) is 12.6. The largest absolute Gasteiger partial charge is 0.496 e. The topological polar surface area (TPSA) is 57.0 Å². The third-order valence-corrected chi connectivity index (χ3v) is 3.89. The molecule has 2 aromatic rings. The molecule has 0 fully saturated rings. The summed E-state index contributed by atoms with van der Waals surface area (Å²) in [6.45, 7) is 1.59. The average molecular weight is 291 g/mol. The van der Waals surface area contributed by atoms with Gasteiger partial charge in [0.05, 0.1) is 12.7 Å². The van der Waals surface area contributed by atoms with Gasteiger partial charge >= 0.3 is 0 Å². The first-order valence-corrected chi connectivity index (χ1v) is 7.27. The lowest BCUT2D eigenvalue weighted by Crippen LogP contribution is -1.98. The Morgan fingerprint density at radius 3 is 2.80 bits per heavy atom. The van der Waals surface area contributed by atoms with Crippen molar-refractivity contribution in [1.82, 2.24) is 14.8 Å². The second-order valence-electron chi connectivity index (χ2n) is 4.37. The Morgan fingerprint density at radius 1 is 1.35 bits per heavy atom. The quantitative estimate of drug-likeness (QED) is 0.766. The lowest BCUT2D eigenvalue weighted by atomic mass is 10.2. The van der Waals surface area contributed by atoms with Crippen LogP contribution in [0.2, 0.25) is 0 Å².